The van der Waals surface area contributed by atoms with Crippen LogP contribution in [0, 0.1) is 6.92 Å². The minimum absolute atomic E-state index is 0.00454. The third kappa shape index (κ3) is 2.55. The maximum Gasteiger partial charge on any atom is 0.322 e. The first-order chi connectivity index (χ1) is 10.2. The van der Waals surface area contributed by atoms with E-state index in [2.05, 4.69) is 20.6 Å². The molecule has 0 aliphatic rings. The predicted molar refractivity (Wildman–Crippen MR) is 72.6 cm³/mol. The van der Waals surface area contributed by atoms with Gasteiger partial charge in [-0.3, -0.25) is 14.8 Å². The highest BCUT2D eigenvalue weighted by molar-refractivity contribution is 6.01. The molecule has 1 amide bonds. The van der Waals surface area contributed by atoms with Crippen molar-refractivity contribution in [2.75, 3.05) is 5.32 Å². The summed E-state index contributed by atoms with van der Waals surface area (Å²) >= 11 is 0. The van der Waals surface area contributed by atoms with Crippen LogP contribution in [0.4, 0.5) is 6.01 Å². The van der Waals surface area contributed by atoms with Gasteiger partial charge in [0, 0.05) is 12.2 Å². The number of aromatic nitrogens is 4. The van der Waals surface area contributed by atoms with E-state index in [9.17, 15) is 4.79 Å². The average molecular weight is 287 g/mol. The van der Waals surface area contributed by atoms with Crippen LogP contribution in [0.3, 0.4) is 0 Å². The molecule has 0 unspecified atom stereocenters. The Morgan fingerprint density at radius 3 is 2.95 bits per heavy atom. The van der Waals surface area contributed by atoms with Crippen molar-refractivity contribution in [1.82, 2.24) is 20.0 Å². The van der Waals surface area contributed by atoms with Crippen molar-refractivity contribution in [2.24, 2.45) is 0 Å². The van der Waals surface area contributed by atoms with E-state index in [1.807, 2.05) is 13.8 Å². The first-order valence-corrected chi connectivity index (χ1v) is 6.40. The minimum Gasteiger partial charge on any atom is -0.459 e. The molecule has 3 aromatic heterocycles. The number of rotatable bonds is 4. The first-order valence-electron chi connectivity index (χ1n) is 6.40. The smallest absolute Gasteiger partial charge is 0.322 e. The SMILES string of the molecule is CCn1nc(C(=O)Nc2nnc(-c3ccco3)o2)cc1C. The number of aryl methyl sites for hydroxylation is 2. The summed E-state index contributed by atoms with van der Waals surface area (Å²) in [7, 11) is 0. The summed E-state index contributed by atoms with van der Waals surface area (Å²) in [6.07, 6.45) is 1.50. The molecule has 0 spiro atoms. The van der Waals surface area contributed by atoms with Crippen LogP contribution in [-0.4, -0.2) is 25.9 Å². The number of carbonyl (C=O) groups excluding carboxylic acids is 1. The number of nitrogens with zero attached hydrogens (tertiary/aromatic N) is 4. The lowest BCUT2D eigenvalue weighted by molar-refractivity contribution is 0.101. The number of hydrogen-bond donors (Lipinski definition) is 1. The molecule has 3 aromatic rings. The van der Waals surface area contributed by atoms with Gasteiger partial charge in [0.1, 0.15) is 0 Å². The predicted octanol–water partition coefficient (Wildman–Crippen LogP) is 2.11. The number of amides is 1. The van der Waals surface area contributed by atoms with E-state index >= 15 is 0 Å². The second-order valence-corrected chi connectivity index (χ2v) is 4.33. The number of carbonyl (C=O) groups is 1. The Kier molecular flexibility index (Phi) is 3.27. The zero-order chi connectivity index (χ0) is 14.8. The summed E-state index contributed by atoms with van der Waals surface area (Å²) in [5.41, 5.74) is 1.21. The number of nitrogens with one attached hydrogen (secondary N) is 1. The molecule has 8 heteroatoms. The third-order valence-electron chi connectivity index (χ3n) is 2.89. The molecule has 0 saturated heterocycles. The average Bonchev–Trinajstić information content (AvgIpc) is 3.17. The Balaban J connectivity index is 1.75. The first kappa shape index (κ1) is 13.1. The summed E-state index contributed by atoms with van der Waals surface area (Å²) in [5.74, 6) is 0.236. The second kappa shape index (κ2) is 5.23. The third-order valence-corrected chi connectivity index (χ3v) is 2.89. The lowest BCUT2D eigenvalue weighted by Gasteiger charge is -1.97. The summed E-state index contributed by atoms with van der Waals surface area (Å²) in [6.45, 7) is 4.53. The molecule has 0 aromatic carbocycles. The fourth-order valence-corrected chi connectivity index (χ4v) is 1.88. The van der Waals surface area contributed by atoms with Crippen LogP contribution >= 0.6 is 0 Å². The van der Waals surface area contributed by atoms with Crippen molar-refractivity contribution < 1.29 is 13.6 Å². The maximum absolute atomic E-state index is 12.1. The van der Waals surface area contributed by atoms with E-state index in [1.54, 1.807) is 22.9 Å². The number of hydrogen-bond acceptors (Lipinski definition) is 6. The van der Waals surface area contributed by atoms with Crippen LogP contribution < -0.4 is 5.32 Å². The topological polar surface area (TPSA) is 99.0 Å². The van der Waals surface area contributed by atoms with E-state index in [0.29, 0.717) is 18.0 Å². The van der Waals surface area contributed by atoms with Crippen LogP contribution in [0.5, 0.6) is 0 Å². The molecule has 8 nitrogen and oxygen atoms in total. The molecule has 3 heterocycles. The van der Waals surface area contributed by atoms with E-state index in [-0.39, 0.29) is 11.9 Å². The number of anilines is 1. The van der Waals surface area contributed by atoms with Crippen molar-refractivity contribution in [3.05, 3.63) is 35.9 Å². The standard InChI is InChI=1S/C13H13N5O3/c1-3-18-8(2)7-9(17-18)11(19)14-13-16-15-12(21-13)10-5-4-6-20-10/h4-7H,3H2,1-2H3,(H,14,16,19). The molecule has 1 N–H and O–H groups in total. The Hall–Kier alpha value is -2.90. The fraction of sp³-hybridized carbons (Fsp3) is 0.231. The monoisotopic (exact) mass is 287 g/mol. The molecule has 0 bridgehead atoms. The molecule has 21 heavy (non-hydrogen) atoms. The van der Waals surface area contributed by atoms with Gasteiger partial charge in [-0.05, 0) is 32.0 Å². The van der Waals surface area contributed by atoms with Crippen LogP contribution in [-0.2, 0) is 6.54 Å². The van der Waals surface area contributed by atoms with Gasteiger partial charge in [-0.25, -0.2) is 0 Å². The van der Waals surface area contributed by atoms with Gasteiger partial charge in [-0.2, -0.15) is 5.10 Å². The summed E-state index contributed by atoms with van der Waals surface area (Å²) in [5, 5.41) is 14.2. The van der Waals surface area contributed by atoms with Crippen molar-refractivity contribution in [2.45, 2.75) is 20.4 Å². The fourth-order valence-electron chi connectivity index (χ4n) is 1.88. The largest absolute Gasteiger partial charge is 0.459 e. The molecule has 0 atom stereocenters. The Morgan fingerprint density at radius 1 is 1.43 bits per heavy atom. The molecule has 3 rings (SSSR count). The molecule has 108 valence electrons. The van der Waals surface area contributed by atoms with Crippen molar-refractivity contribution >= 4 is 11.9 Å². The maximum atomic E-state index is 12.1. The molecule has 0 radical (unpaired) electrons. The second-order valence-electron chi connectivity index (χ2n) is 4.33. The highest BCUT2D eigenvalue weighted by Crippen LogP contribution is 2.20. The van der Waals surface area contributed by atoms with Crippen molar-refractivity contribution in [1.29, 1.82) is 0 Å². The van der Waals surface area contributed by atoms with E-state index in [0.717, 1.165) is 5.69 Å². The molecular formula is C13H13N5O3. The van der Waals surface area contributed by atoms with Gasteiger partial charge in [0.2, 0.25) is 0 Å². The van der Waals surface area contributed by atoms with E-state index in [1.165, 1.54) is 6.26 Å². The highest BCUT2D eigenvalue weighted by atomic mass is 16.4. The van der Waals surface area contributed by atoms with Gasteiger partial charge < -0.3 is 8.83 Å². The van der Waals surface area contributed by atoms with E-state index < -0.39 is 5.91 Å². The molecule has 0 saturated carbocycles. The molecule has 0 aliphatic carbocycles. The number of furan rings is 1. The van der Waals surface area contributed by atoms with E-state index in [4.69, 9.17) is 8.83 Å². The van der Waals surface area contributed by atoms with Crippen LogP contribution in [0.2, 0.25) is 0 Å². The normalized spacial score (nSPS) is 10.8. The Bertz CT molecular complexity index is 757. The van der Waals surface area contributed by atoms with Crippen molar-refractivity contribution in [3.8, 4) is 11.7 Å². The van der Waals surface area contributed by atoms with Gasteiger partial charge in [0.15, 0.2) is 11.5 Å². The Morgan fingerprint density at radius 2 is 2.29 bits per heavy atom. The molecular weight excluding hydrogens is 274 g/mol. The van der Waals surface area contributed by atoms with Gasteiger partial charge >= 0.3 is 6.01 Å². The summed E-state index contributed by atoms with van der Waals surface area (Å²) in [4.78, 5) is 12.1. The lowest BCUT2D eigenvalue weighted by Crippen LogP contribution is -2.13. The van der Waals surface area contributed by atoms with Gasteiger partial charge in [0.25, 0.3) is 11.8 Å². The van der Waals surface area contributed by atoms with Gasteiger partial charge in [-0.15, -0.1) is 5.10 Å². The lowest BCUT2D eigenvalue weighted by atomic mass is 10.3. The Labute approximate surface area is 119 Å². The van der Waals surface area contributed by atoms with Crippen LogP contribution in [0.15, 0.2) is 33.3 Å². The van der Waals surface area contributed by atoms with Crippen molar-refractivity contribution in [3.63, 3.8) is 0 Å². The zero-order valence-corrected chi connectivity index (χ0v) is 11.5. The molecule has 0 fully saturated rings. The zero-order valence-electron chi connectivity index (χ0n) is 11.5. The van der Waals surface area contributed by atoms with Crippen LogP contribution in [0.1, 0.15) is 23.1 Å². The van der Waals surface area contributed by atoms with Gasteiger partial charge in [0.05, 0.1) is 6.26 Å². The van der Waals surface area contributed by atoms with Gasteiger partial charge in [-0.1, -0.05) is 5.10 Å². The summed E-state index contributed by atoms with van der Waals surface area (Å²) in [6, 6.07) is 5.08. The molecule has 0 aliphatic heterocycles. The quantitative estimate of drug-likeness (QED) is 0.789. The summed E-state index contributed by atoms with van der Waals surface area (Å²) < 4.78 is 12.2. The highest BCUT2D eigenvalue weighted by Gasteiger charge is 2.16. The van der Waals surface area contributed by atoms with Crippen LogP contribution in [0.25, 0.3) is 11.7 Å². The minimum atomic E-state index is -0.403.